The number of carbonyl (C=O) groups excluding carboxylic acids is 2. The average Bonchev–Trinajstić information content (AvgIpc) is 3.28. The van der Waals surface area contributed by atoms with Crippen LogP contribution >= 0.6 is 0 Å². The van der Waals surface area contributed by atoms with Gasteiger partial charge >= 0.3 is 18.0 Å². The molecule has 0 aliphatic carbocycles. The molecule has 2 fully saturated rings. The summed E-state index contributed by atoms with van der Waals surface area (Å²) in [6, 6.07) is 29.2. The van der Waals surface area contributed by atoms with Crippen LogP contribution in [0.2, 0.25) is 0 Å². The van der Waals surface area contributed by atoms with Crippen LogP contribution < -0.4 is 10.2 Å². The Morgan fingerprint density at radius 2 is 1.19 bits per heavy atom. The van der Waals surface area contributed by atoms with E-state index in [0.717, 1.165) is 50.3 Å². The number of carboxylic acids is 2. The van der Waals surface area contributed by atoms with Gasteiger partial charge in [-0.3, -0.25) is 14.6 Å². The fourth-order valence-electron chi connectivity index (χ4n) is 5.18. The van der Waals surface area contributed by atoms with Crippen molar-refractivity contribution in [3.63, 3.8) is 0 Å². The lowest BCUT2D eigenvalue weighted by Gasteiger charge is -2.36. The highest BCUT2D eigenvalue weighted by atomic mass is 16.4. The van der Waals surface area contributed by atoms with Crippen molar-refractivity contribution in [1.82, 2.24) is 15.1 Å². The van der Waals surface area contributed by atoms with Gasteiger partial charge in [0, 0.05) is 50.6 Å². The highest BCUT2D eigenvalue weighted by molar-refractivity contribution is 6.09. The van der Waals surface area contributed by atoms with Gasteiger partial charge in [-0.05, 0) is 36.2 Å². The number of aliphatic carboxylic acids is 2. The second-order valence-corrected chi connectivity index (χ2v) is 9.90. The number of rotatable bonds is 9. The Kier molecular flexibility index (Phi) is 10.1. The summed E-state index contributed by atoms with van der Waals surface area (Å²) in [6.07, 6.45) is 1.87. The van der Waals surface area contributed by atoms with Crippen LogP contribution in [-0.4, -0.2) is 83.2 Å². The number of piperazine rings is 1. The van der Waals surface area contributed by atoms with Crippen LogP contribution in [0.15, 0.2) is 103 Å². The zero-order valence-corrected chi connectivity index (χ0v) is 23.1. The molecule has 0 spiro atoms. The van der Waals surface area contributed by atoms with Crippen LogP contribution in [0.4, 0.5) is 10.5 Å². The standard InChI is InChI=1S/C28H30N4O2.C4H4O4/c33-26-28(23-11-4-1-5-12-23,24-13-6-2-7-14-24)29-27(34)32(26)18-10-17-30-19-21-31(22-20-30)25-15-8-3-9-16-25;5-3(6)1-2-4(7)8/h1-9,11-16H,10,17-22H2,(H,29,34);1-2H,(H,5,6)(H,7,8). The first kappa shape index (κ1) is 30.0. The van der Waals surface area contributed by atoms with Crippen LogP contribution in [0.25, 0.3) is 0 Å². The third kappa shape index (κ3) is 7.21. The molecule has 2 heterocycles. The molecule has 3 N–H and O–H groups in total. The number of anilines is 1. The number of hydrogen-bond acceptors (Lipinski definition) is 6. The minimum atomic E-state index is -1.26. The molecule has 0 aromatic heterocycles. The number of nitrogens with zero attached hydrogens (tertiary/aromatic N) is 3. The molecule has 3 aromatic carbocycles. The smallest absolute Gasteiger partial charge is 0.328 e. The number of imide groups is 1. The van der Waals surface area contributed by atoms with E-state index in [4.69, 9.17) is 10.2 Å². The number of hydrogen-bond donors (Lipinski definition) is 3. The Morgan fingerprint density at radius 1 is 0.714 bits per heavy atom. The van der Waals surface area contributed by atoms with Gasteiger partial charge in [-0.1, -0.05) is 78.9 Å². The van der Waals surface area contributed by atoms with Crippen molar-refractivity contribution in [3.05, 3.63) is 114 Å². The summed E-state index contributed by atoms with van der Waals surface area (Å²) in [6.45, 7) is 5.20. The molecule has 218 valence electrons. The van der Waals surface area contributed by atoms with Crippen molar-refractivity contribution in [2.75, 3.05) is 44.2 Å². The Balaban J connectivity index is 0.000000446. The van der Waals surface area contributed by atoms with Crippen LogP contribution in [0.3, 0.4) is 0 Å². The number of amides is 3. The number of nitrogens with one attached hydrogen (secondary N) is 1. The molecule has 0 atom stereocenters. The molecular formula is C32H34N4O6. The Labute approximate surface area is 244 Å². The van der Waals surface area contributed by atoms with Gasteiger partial charge in [-0.15, -0.1) is 0 Å². The van der Waals surface area contributed by atoms with Crippen molar-refractivity contribution < 1.29 is 29.4 Å². The fourth-order valence-corrected chi connectivity index (χ4v) is 5.18. The minimum absolute atomic E-state index is 0.205. The van der Waals surface area contributed by atoms with Crippen molar-refractivity contribution in [3.8, 4) is 0 Å². The Hall–Kier alpha value is -4.96. The number of carboxylic acid groups (broad SMARTS) is 2. The monoisotopic (exact) mass is 570 g/mol. The summed E-state index contributed by atoms with van der Waals surface area (Å²) in [4.78, 5) is 52.1. The normalized spacial score (nSPS) is 16.6. The molecule has 2 aliphatic rings. The van der Waals surface area contributed by atoms with E-state index in [-0.39, 0.29) is 11.9 Å². The lowest BCUT2D eigenvalue weighted by atomic mass is 9.82. The van der Waals surface area contributed by atoms with E-state index in [1.807, 2.05) is 66.7 Å². The number of benzene rings is 3. The molecule has 2 aliphatic heterocycles. The van der Waals surface area contributed by atoms with E-state index in [9.17, 15) is 19.2 Å². The molecule has 42 heavy (non-hydrogen) atoms. The highest BCUT2D eigenvalue weighted by Crippen LogP contribution is 2.36. The van der Waals surface area contributed by atoms with Gasteiger partial charge in [0.15, 0.2) is 5.54 Å². The van der Waals surface area contributed by atoms with E-state index < -0.39 is 17.5 Å². The van der Waals surface area contributed by atoms with Gasteiger partial charge in [-0.25, -0.2) is 14.4 Å². The summed E-state index contributed by atoms with van der Waals surface area (Å²) < 4.78 is 0. The van der Waals surface area contributed by atoms with E-state index in [2.05, 4.69) is 39.4 Å². The van der Waals surface area contributed by atoms with Gasteiger partial charge in [-0.2, -0.15) is 0 Å². The average molecular weight is 571 g/mol. The van der Waals surface area contributed by atoms with Gasteiger partial charge in [0.2, 0.25) is 0 Å². The van der Waals surface area contributed by atoms with E-state index in [1.54, 1.807) is 0 Å². The van der Waals surface area contributed by atoms with Gasteiger partial charge in [0.05, 0.1) is 0 Å². The summed E-state index contributed by atoms with van der Waals surface area (Å²) in [5, 5.41) is 18.7. The topological polar surface area (TPSA) is 130 Å². The van der Waals surface area contributed by atoms with Gasteiger partial charge < -0.3 is 20.4 Å². The van der Waals surface area contributed by atoms with Crippen molar-refractivity contribution in [1.29, 1.82) is 0 Å². The second kappa shape index (κ2) is 14.1. The predicted molar refractivity (Wildman–Crippen MR) is 158 cm³/mol. The zero-order chi connectivity index (χ0) is 30.0. The van der Waals surface area contributed by atoms with Crippen LogP contribution in [0.5, 0.6) is 0 Å². The van der Waals surface area contributed by atoms with Crippen molar-refractivity contribution in [2.45, 2.75) is 12.0 Å². The number of para-hydroxylation sites is 1. The van der Waals surface area contributed by atoms with Crippen molar-refractivity contribution in [2.24, 2.45) is 0 Å². The largest absolute Gasteiger partial charge is 0.478 e. The lowest BCUT2D eigenvalue weighted by molar-refractivity contribution is -0.134. The molecule has 2 saturated heterocycles. The maximum absolute atomic E-state index is 13.7. The molecule has 3 aromatic rings. The summed E-state index contributed by atoms with van der Waals surface area (Å²) in [5.41, 5.74) is 1.64. The quantitative estimate of drug-likeness (QED) is 0.264. The Bertz CT molecular complexity index is 1330. The molecule has 5 rings (SSSR count). The molecule has 0 unspecified atom stereocenters. The molecule has 0 radical (unpaired) electrons. The summed E-state index contributed by atoms with van der Waals surface area (Å²) in [7, 11) is 0. The molecule has 10 heteroatoms. The summed E-state index contributed by atoms with van der Waals surface area (Å²) >= 11 is 0. The number of carbonyl (C=O) groups is 4. The van der Waals surface area contributed by atoms with Crippen molar-refractivity contribution >= 4 is 29.6 Å². The first-order valence-corrected chi connectivity index (χ1v) is 13.7. The minimum Gasteiger partial charge on any atom is -0.478 e. The second-order valence-electron chi connectivity index (χ2n) is 9.90. The van der Waals surface area contributed by atoms with Gasteiger partial charge in [0.25, 0.3) is 5.91 Å². The van der Waals surface area contributed by atoms with E-state index in [0.29, 0.717) is 18.7 Å². The summed E-state index contributed by atoms with van der Waals surface area (Å²) in [5.74, 6) is -2.72. The Morgan fingerprint density at radius 3 is 1.67 bits per heavy atom. The lowest BCUT2D eigenvalue weighted by Crippen LogP contribution is -2.47. The predicted octanol–water partition coefficient (Wildman–Crippen LogP) is 3.41. The highest BCUT2D eigenvalue weighted by Gasteiger charge is 2.53. The third-order valence-electron chi connectivity index (χ3n) is 7.24. The maximum Gasteiger partial charge on any atom is 0.328 e. The van der Waals surface area contributed by atoms with Gasteiger partial charge in [0.1, 0.15) is 0 Å². The van der Waals surface area contributed by atoms with Crippen LogP contribution in [0, 0.1) is 0 Å². The molecular weight excluding hydrogens is 536 g/mol. The maximum atomic E-state index is 13.7. The molecule has 0 saturated carbocycles. The molecule has 10 nitrogen and oxygen atoms in total. The molecule has 0 bridgehead atoms. The first-order valence-electron chi connectivity index (χ1n) is 13.7. The van der Waals surface area contributed by atoms with Crippen LogP contribution in [0.1, 0.15) is 17.5 Å². The van der Waals surface area contributed by atoms with E-state index >= 15 is 0 Å². The fraction of sp³-hybridized carbons (Fsp3) is 0.250. The van der Waals surface area contributed by atoms with Crippen LogP contribution in [-0.2, 0) is 19.9 Å². The third-order valence-corrected chi connectivity index (χ3v) is 7.24. The van der Waals surface area contributed by atoms with E-state index in [1.165, 1.54) is 10.6 Å². The SMILES string of the molecule is O=C(O)C=CC(=O)O.O=C1NC(c2ccccc2)(c2ccccc2)C(=O)N1CCCN1CCN(c2ccccc2)CC1. The number of urea groups is 1. The first-order chi connectivity index (χ1) is 20.3. The zero-order valence-electron chi connectivity index (χ0n) is 23.1. The molecule has 3 amide bonds.